The van der Waals surface area contributed by atoms with Gasteiger partial charge in [0.25, 0.3) is 0 Å². The highest BCUT2D eigenvalue weighted by Crippen LogP contribution is 2.34. The van der Waals surface area contributed by atoms with E-state index in [1.54, 1.807) is 19.1 Å². The van der Waals surface area contributed by atoms with Crippen LogP contribution in [0.1, 0.15) is 29.3 Å². The summed E-state index contributed by atoms with van der Waals surface area (Å²) in [5.41, 5.74) is 4.75. The van der Waals surface area contributed by atoms with Gasteiger partial charge in [-0.15, -0.1) is 0 Å². The summed E-state index contributed by atoms with van der Waals surface area (Å²) in [6.07, 6.45) is 1.03. The van der Waals surface area contributed by atoms with Crippen molar-refractivity contribution < 1.29 is 9.50 Å². The number of nitrogens with zero attached hydrogens (tertiary/aromatic N) is 2. The van der Waals surface area contributed by atoms with Crippen LogP contribution in [0.5, 0.6) is 0 Å². The second kappa shape index (κ2) is 6.22. The summed E-state index contributed by atoms with van der Waals surface area (Å²) < 4.78 is 15.5. The van der Waals surface area contributed by atoms with Crippen molar-refractivity contribution in [3.8, 4) is 0 Å². The Labute approximate surface area is 153 Å². The van der Waals surface area contributed by atoms with Gasteiger partial charge in [0.05, 0.1) is 6.54 Å². The minimum atomic E-state index is -1.08. The van der Waals surface area contributed by atoms with Gasteiger partial charge in [0.1, 0.15) is 11.4 Å². The Hall–Kier alpha value is -2.17. The highest BCUT2D eigenvalue weighted by atomic mass is 19.1. The number of halogens is 1. The van der Waals surface area contributed by atoms with E-state index in [9.17, 15) is 9.50 Å². The molecule has 0 spiro atoms. The third kappa shape index (κ3) is 2.93. The fourth-order valence-electron chi connectivity index (χ4n) is 4.08. The lowest BCUT2D eigenvalue weighted by atomic mass is 9.95. The van der Waals surface area contributed by atoms with Gasteiger partial charge >= 0.3 is 0 Å². The van der Waals surface area contributed by atoms with Crippen LogP contribution in [-0.2, 0) is 25.1 Å². The van der Waals surface area contributed by atoms with Crippen LogP contribution >= 0.6 is 0 Å². The van der Waals surface area contributed by atoms with Crippen LogP contribution in [0.15, 0.2) is 42.5 Å². The van der Waals surface area contributed by atoms with Gasteiger partial charge in [-0.25, -0.2) is 4.39 Å². The molecule has 26 heavy (non-hydrogen) atoms. The minimum Gasteiger partial charge on any atom is -0.384 e. The summed E-state index contributed by atoms with van der Waals surface area (Å²) in [5.74, 6) is -0.287. The molecular formula is C22H25FN2O. The van der Waals surface area contributed by atoms with Crippen molar-refractivity contribution in [3.05, 3.63) is 70.7 Å². The molecule has 1 aliphatic rings. The molecule has 0 radical (unpaired) electrons. The molecule has 4 heteroatoms. The Kier molecular flexibility index (Phi) is 4.13. The molecule has 1 unspecified atom stereocenters. The lowest BCUT2D eigenvalue weighted by Crippen LogP contribution is -2.32. The van der Waals surface area contributed by atoms with E-state index in [4.69, 9.17) is 0 Å². The maximum Gasteiger partial charge on any atom is 0.123 e. The van der Waals surface area contributed by atoms with Crippen molar-refractivity contribution in [2.75, 3.05) is 13.6 Å². The number of hydrogen-bond donors (Lipinski definition) is 1. The van der Waals surface area contributed by atoms with Crippen molar-refractivity contribution >= 4 is 10.9 Å². The van der Waals surface area contributed by atoms with Gasteiger partial charge in [-0.2, -0.15) is 0 Å². The lowest BCUT2D eigenvalue weighted by molar-refractivity contribution is 0.0380. The Bertz CT molecular complexity index is 956. The third-order valence-corrected chi connectivity index (χ3v) is 5.54. The molecule has 0 amide bonds. The van der Waals surface area contributed by atoms with E-state index in [0.717, 1.165) is 25.1 Å². The van der Waals surface area contributed by atoms with Crippen molar-refractivity contribution in [1.82, 2.24) is 9.47 Å². The normalized spacial score (nSPS) is 17.3. The molecule has 0 saturated carbocycles. The van der Waals surface area contributed by atoms with E-state index in [1.807, 2.05) is 0 Å². The van der Waals surface area contributed by atoms with Crippen molar-refractivity contribution in [2.45, 2.75) is 39.0 Å². The molecule has 1 atom stereocenters. The summed E-state index contributed by atoms with van der Waals surface area (Å²) >= 11 is 0. The summed E-state index contributed by atoms with van der Waals surface area (Å²) in [4.78, 5) is 2.32. The van der Waals surface area contributed by atoms with Crippen molar-refractivity contribution in [1.29, 1.82) is 0 Å². The summed E-state index contributed by atoms with van der Waals surface area (Å²) in [7, 11) is 2.13. The van der Waals surface area contributed by atoms with Crippen LogP contribution in [0.4, 0.5) is 4.39 Å². The average Bonchev–Trinajstić information content (AvgIpc) is 2.87. The molecule has 0 saturated heterocycles. The number of likely N-dealkylation sites (N-methyl/N-ethyl adjacent to an activating group) is 1. The molecule has 4 rings (SSSR count). The van der Waals surface area contributed by atoms with E-state index < -0.39 is 5.60 Å². The smallest absolute Gasteiger partial charge is 0.123 e. The number of aryl methyl sites for hydroxylation is 1. The monoisotopic (exact) mass is 352 g/mol. The average molecular weight is 352 g/mol. The van der Waals surface area contributed by atoms with Gasteiger partial charge in [-0.1, -0.05) is 23.8 Å². The quantitative estimate of drug-likeness (QED) is 0.772. The molecule has 136 valence electrons. The fourth-order valence-corrected chi connectivity index (χ4v) is 4.08. The number of hydrogen-bond acceptors (Lipinski definition) is 2. The van der Waals surface area contributed by atoms with Gasteiger partial charge in [0.15, 0.2) is 0 Å². The Morgan fingerprint density at radius 1 is 1.15 bits per heavy atom. The topological polar surface area (TPSA) is 28.4 Å². The van der Waals surface area contributed by atoms with Crippen LogP contribution < -0.4 is 0 Å². The third-order valence-electron chi connectivity index (χ3n) is 5.54. The molecule has 0 aliphatic carbocycles. The summed E-state index contributed by atoms with van der Waals surface area (Å²) in [6.45, 7) is 6.30. The van der Waals surface area contributed by atoms with Crippen molar-refractivity contribution in [2.24, 2.45) is 0 Å². The minimum absolute atomic E-state index is 0.287. The fraction of sp³-hybridized carbons (Fsp3) is 0.364. The molecule has 1 aromatic heterocycles. The zero-order chi connectivity index (χ0) is 18.5. The van der Waals surface area contributed by atoms with Crippen LogP contribution in [0.3, 0.4) is 0 Å². The summed E-state index contributed by atoms with van der Waals surface area (Å²) in [5, 5.41) is 12.5. The van der Waals surface area contributed by atoms with Gasteiger partial charge < -0.3 is 14.6 Å². The molecule has 1 aliphatic heterocycles. The largest absolute Gasteiger partial charge is 0.384 e. The van der Waals surface area contributed by atoms with Gasteiger partial charge in [-0.3, -0.25) is 0 Å². The van der Waals surface area contributed by atoms with E-state index in [0.29, 0.717) is 6.54 Å². The van der Waals surface area contributed by atoms with Gasteiger partial charge in [0.2, 0.25) is 0 Å². The van der Waals surface area contributed by atoms with Crippen LogP contribution in [0, 0.1) is 12.7 Å². The van der Waals surface area contributed by atoms with Crippen molar-refractivity contribution in [3.63, 3.8) is 0 Å². The molecule has 1 N–H and O–H groups in total. The van der Waals surface area contributed by atoms with Crippen LogP contribution in [0.2, 0.25) is 0 Å². The Morgan fingerprint density at radius 3 is 2.62 bits per heavy atom. The molecule has 2 aromatic carbocycles. The van der Waals surface area contributed by atoms with E-state index in [1.165, 1.54) is 39.9 Å². The zero-order valence-corrected chi connectivity index (χ0v) is 15.6. The molecule has 0 fully saturated rings. The number of fused-ring (bicyclic) bond motifs is 3. The van der Waals surface area contributed by atoms with Crippen LogP contribution in [0.25, 0.3) is 10.9 Å². The predicted molar refractivity (Wildman–Crippen MR) is 103 cm³/mol. The molecule has 0 bridgehead atoms. The first-order valence-corrected chi connectivity index (χ1v) is 9.13. The number of aliphatic hydroxyl groups is 1. The number of rotatable bonds is 3. The maximum atomic E-state index is 13.3. The zero-order valence-electron chi connectivity index (χ0n) is 15.6. The van der Waals surface area contributed by atoms with E-state index >= 15 is 0 Å². The molecule has 3 aromatic rings. The first kappa shape index (κ1) is 17.3. The summed E-state index contributed by atoms with van der Waals surface area (Å²) in [6, 6.07) is 12.7. The SMILES string of the molecule is Cc1ccc2c(c1)c1c(n2CC(C)(O)c2ccc(F)cc2)CN(C)CC1. The number of benzene rings is 2. The lowest BCUT2D eigenvalue weighted by Gasteiger charge is -2.29. The molecular weight excluding hydrogens is 327 g/mol. The maximum absolute atomic E-state index is 13.3. The Balaban J connectivity index is 1.83. The highest BCUT2D eigenvalue weighted by molar-refractivity contribution is 5.86. The van der Waals surface area contributed by atoms with Gasteiger partial charge in [-0.05, 0) is 62.7 Å². The van der Waals surface area contributed by atoms with Crippen LogP contribution in [-0.4, -0.2) is 28.2 Å². The highest BCUT2D eigenvalue weighted by Gasteiger charge is 2.29. The molecule has 2 heterocycles. The first-order valence-electron chi connectivity index (χ1n) is 9.13. The predicted octanol–water partition coefficient (Wildman–Crippen LogP) is 3.98. The second-order valence-corrected chi connectivity index (χ2v) is 7.80. The number of aromatic nitrogens is 1. The van der Waals surface area contributed by atoms with E-state index in [2.05, 4.69) is 41.6 Å². The Morgan fingerprint density at radius 2 is 1.88 bits per heavy atom. The van der Waals surface area contributed by atoms with E-state index in [-0.39, 0.29) is 5.82 Å². The second-order valence-electron chi connectivity index (χ2n) is 7.80. The van der Waals surface area contributed by atoms with Gasteiger partial charge in [0, 0.05) is 29.7 Å². The first-order chi connectivity index (χ1) is 12.3. The standard InChI is InChI=1S/C22H25FN2O/c1-15-4-9-20-19(12-15)18-10-11-24(3)13-21(18)25(20)14-22(2,26)16-5-7-17(23)8-6-16/h4-9,12,26H,10-11,13-14H2,1-3H3. The molecule has 3 nitrogen and oxygen atoms in total.